The lowest BCUT2D eigenvalue weighted by Gasteiger charge is -2.25. The summed E-state index contributed by atoms with van der Waals surface area (Å²) in [6.07, 6.45) is -0.647. The molecular weight excluding hydrogens is 442 g/mol. The molecule has 0 aromatic carbocycles. The van der Waals surface area contributed by atoms with Crippen molar-refractivity contribution in [2.45, 2.75) is 57.3 Å². The number of carboxylic acids is 2. The molecule has 3 amide bonds. The monoisotopic (exact) mass is 475 g/mol. The molecule has 0 spiro atoms. The quantitative estimate of drug-likeness (QED) is 0.0625. The standard InChI is InChI=1S/C18H33N7O8/c1-8(2)13(17(32)33)25-15(30)10(4-3-5-22-18(20)21)23-16(31)11(6-12(27)28)24-14(29)9(19)7-26/h8-11,13,26H,3-7,19H2,1-2H3,(H,23,31)(H,24,29)(H,25,30)(H,27,28)(H,32,33)(H4,20,21,22). The van der Waals surface area contributed by atoms with Crippen LogP contribution in [0.25, 0.3) is 0 Å². The van der Waals surface area contributed by atoms with E-state index >= 15 is 0 Å². The molecule has 12 N–H and O–H groups in total. The van der Waals surface area contributed by atoms with Gasteiger partial charge in [0, 0.05) is 6.54 Å². The molecule has 188 valence electrons. The number of nitrogens with zero attached hydrogens (tertiary/aromatic N) is 1. The summed E-state index contributed by atoms with van der Waals surface area (Å²) in [5.74, 6) is -6.18. The van der Waals surface area contributed by atoms with Crippen molar-refractivity contribution in [1.82, 2.24) is 16.0 Å². The van der Waals surface area contributed by atoms with Gasteiger partial charge in [0.15, 0.2) is 5.96 Å². The number of rotatable bonds is 15. The first kappa shape index (κ1) is 29.5. The molecule has 15 nitrogen and oxygen atoms in total. The summed E-state index contributed by atoms with van der Waals surface area (Å²) in [6, 6.07) is -5.53. The molecule has 0 saturated heterocycles. The average Bonchev–Trinajstić information content (AvgIpc) is 2.71. The van der Waals surface area contributed by atoms with E-state index in [9.17, 15) is 29.1 Å². The number of guanidine groups is 1. The van der Waals surface area contributed by atoms with Crippen LogP contribution in [0.4, 0.5) is 0 Å². The molecule has 0 radical (unpaired) electrons. The highest BCUT2D eigenvalue weighted by Crippen LogP contribution is 2.06. The topological polar surface area (TPSA) is 273 Å². The van der Waals surface area contributed by atoms with Crippen LogP contribution in [0, 0.1) is 5.92 Å². The van der Waals surface area contributed by atoms with E-state index in [4.69, 9.17) is 27.4 Å². The molecule has 0 fully saturated rings. The molecule has 33 heavy (non-hydrogen) atoms. The number of carbonyl (C=O) groups excluding carboxylic acids is 3. The number of aliphatic hydroxyl groups is 1. The fraction of sp³-hybridized carbons (Fsp3) is 0.667. The molecule has 4 atom stereocenters. The van der Waals surface area contributed by atoms with Gasteiger partial charge in [-0.15, -0.1) is 0 Å². The van der Waals surface area contributed by atoms with Crippen LogP contribution in [0.2, 0.25) is 0 Å². The number of hydrogen-bond donors (Lipinski definition) is 9. The van der Waals surface area contributed by atoms with Gasteiger partial charge in [0.1, 0.15) is 24.2 Å². The summed E-state index contributed by atoms with van der Waals surface area (Å²) in [7, 11) is 0. The van der Waals surface area contributed by atoms with Gasteiger partial charge >= 0.3 is 11.9 Å². The molecule has 0 aliphatic carbocycles. The second kappa shape index (κ2) is 14.6. The first-order valence-electron chi connectivity index (χ1n) is 10.1. The van der Waals surface area contributed by atoms with E-state index in [1.54, 1.807) is 13.8 Å². The van der Waals surface area contributed by atoms with Crippen molar-refractivity contribution in [1.29, 1.82) is 0 Å². The van der Waals surface area contributed by atoms with Gasteiger partial charge in [-0.05, 0) is 18.8 Å². The van der Waals surface area contributed by atoms with Crippen LogP contribution in [0.5, 0.6) is 0 Å². The number of hydrogen-bond acceptors (Lipinski definition) is 8. The zero-order valence-electron chi connectivity index (χ0n) is 18.5. The Morgan fingerprint density at radius 2 is 1.45 bits per heavy atom. The van der Waals surface area contributed by atoms with Crippen molar-refractivity contribution in [3.8, 4) is 0 Å². The van der Waals surface area contributed by atoms with Gasteiger partial charge in [-0.2, -0.15) is 0 Å². The summed E-state index contributed by atoms with van der Waals surface area (Å²) < 4.78 is 0. The van der Waals surface area contributed by atoms with E-state index in [1.807, 2.05) is 0 Å². The summed E-state index contributed by atoms with van der Waals surface area (Å²) in [6.45, 7) is 2.52. The van der Waals surface area contributed by atoms with Crippen molar-refractivity contribution in [3.63, 3.8) is 0 Å². The molecule has 15 heteroatoms. The highest BCUT2D eigenvalue weighted by Gasteiger charge is 2.32. The largest absolute Gasteiger partial charge is 0.481 e. The molecule has 0 rings (SSSR count). The number of nitrogens with two attached hydrogens (primary N) is 3. The summed E-state index contributed by atoms with van der Waals surface area (Å²) in [5.41, 5.74) is 15.8. The SMILES string of the molecule is CC(C)C(NC(=O)C(CCCN=C(N)N)NC(=O)C(CC(=O)O)NC(=O)C(N)CO)C(=O)O. The van der Waals surface area contributed by atoms with E-state index in [1.165, 1.54) is 0 Å². The Morgan fingerprint density at radius 1 is 0.909 bits per heavy atom. The Hall–Kier alpha value is -3.46. The van der Waals surface area contributed by atoms with Crippen LogP contribution in [-0.4, -0.2) is 88.3 Å². The molecule has 0 aliphatic rings. The van der Waals surface area contributed by atoms with E-state index in [0.717, 1.165) is 0 Å². The number of aliphatic hydroxyl groups excluding tert-OH is 1. The molecule has 0 aromatic heterocycles. The van der Waals surface area contributed by atoms with Gasteiger partial charge in [0.05, 0.1) is 13.0 Å². The fourth-order valence-electron chi connectivity index (χ4n) is 2.56. The number of amides is 3. The van der Waals surface area contributed by atoms with Crippen LogP contribution >= 0.6 is 0 Å². The van der Waals surface area contributed by atoms with Crippen molar-refractivity contribution in [3.05, 3.63) is 0 Å². The molecule has 0 saturated carbocycles. The van der Waals surface area contributed by atoms with Crippen molar-refractivity contribution in [2.24, 2.45) is 28.1 Å². The van der Waals surface area contributed by atoms with Gasteiger partial charge in [0.25, 0.3) is 0 Å². The van der Waals surface area contributed by atoms with Crippen molar-refractivity contribution < 1.29 is 39.3 Å². The maximum absolute atomic E-state index is 12.7. The number of carbonyl (C=O) groups is 5. The zero-order valence-corrected chi connectivity index (χ0v) is 18.5. The number of carboxylic acid groups (broad SMARTS) is 2. The Balaban J connectivity index is 5.59. The first-order valence-corrected chi connectivity index (χ1v) is 10.1. The predicted molar refractivity (Wildman–Crippen MR) is 115 cm³/mol. The lowest BCUT2D eigenvalue weighted by Crippen LogP contribution is -2.58. The third kappa shape index (κ3) is 11.6. The molecule has 0 aliphatic heterocycles. The van der Waals surface area contributed by atoms with Crippen LogP contribution in [-0.2, 0) is 24.0 Å². The highest BCUT2D eigenvalue weighted by molar-refractivity contribution is 5.95. The number of nitrogens with one attached hydrogen (secondary N) is 3. The van der Waals surface area contributed by atoms with Crippen molar-refractivity contribution >= 4 is 35.6 Å². The number of aliphatic imine (C=N–C) groups is 1. The Kier molecular flexibility index (Phi) is 13.0. The summed E-state index contributed by atoms with van der Waals surface area (Å²) in [4.78, 5) is 63.6. The number of aliphatic carboxylic acids is 2. The second-order valence-electron chi connectivity index (χ2n) is 7.53. The summed E-state index contributed by atoms with van der Waals surface area (Å²) >= 11 is 0. The van der Waals surface area contributed by atoms with Gasteiger partial charge in [-0.1, -0.05) is 13.8 Å². The third-order valence-electron chi connectivity index (χ3n) is 4.35. The van der Waals surface area contributed by atoms with Gasteiger partial charge < -0.3 is 48.5 Å². The summed E-state index contributed by atoms with van der Waals surface area (Å²) in [5, 5.41) is 34.1. The Bertz CT molecular complexity index is 739. The molecular formula is C18H33N7O8. The first-order chi connectivity index (χ1) is 15.3. The van der Waals surface area contributed by atoms with Gasteiger partial charge in [0.2, 0.25) is 17.7 Å². The fourth-order valence-corrected chi connectivity index (χ4v) is 2.56. The Labute approximate surface area is 190 Å². The van der Waals surface area contributed by atoms with Gasteiger partial charge in [-0.3, -0.25) is 24.2 Å². The molecule has 0 aromatic rings. The van der Waals surface area contributed by atoms with E-state index < -0.39 is 72.8 Å². The van der Waals surface area contributed by atoms with E-state index in [-0.39, 0.29) is 25.3 Å². The average molecular weight is 476 g/mol. The normalized spacial score (nSPS) is 14.3. The maximum Gasteiger partial charge on any atom is 0.326 e. The third-order valence-corrected chi connectivity index (χ3v) is 4.35. The van der Waals surface area contributed by atoms with E-state index in [2.05, 4.69) is 20.9 Å². The predicted octanol–water partition coefficient (Wildman–Crippen LogP) is -3.97. The molecule has 0 bridgehead atoms. The maximum atomic E-state index is 12.7. The van der Waals surface area contributed by atoms with Crippen LogP contribution in [0.15, 0.2) is 4.99 Å². The lowest BCUT2D eigenvalue weighted by atomic mass is 10.0. The van der Waals surface area contributed by atoms with E-state index in [0.29, 0.717) is 0 Å². The zero-order chi connectivity index (χ0) is 25.7. The minimum atomic E-state index is -1.61. The van der Waals surface area contributed by atoms with Crippen LogP contribution in [0.1, 0.15) is 33.1 Å². The second-order valence-corrected chi connectivity index (χ2v) is 7.53. The van der Waals surface area contributed by atoms with Gasteiger partial charge in [-0.25, -0.2) is 4.79 Å². The van der Waals surface area contributed by atoms with Crippen LogP contribution in [0.3, 0.4) is 0 Å². The lowest BCUT2D eigenvalue weighted by molar-refractivity contribution is -0.144. The molecule has 0 heterocycles. The molecule has 4 unspecified atom stereocenters. The highest BCUT2D eigenvalue weighted by atomic mass is 16.4. The van der Waals surface area contributed by atoms with Crippen molar-refractivity contribution in [2.75, 3.05) is 13.2 Å². The Morgan fingerprint density at radius 3 is 1.91 bits per heavy atom. The van der Waals surface area contributed by atoms with Crippen LogP contribution < -0.4 is 33.2 Å². The minimum Gasteiger partial charge on any atom is -0.481 e. The minimum absolute atomic E-state index is 0.0251. The smallest absolute Gasteiger partial charge is 0.326 e.